The Bertz CT molecular complexity index is 396. The molecular formula is C13H25I2N2O4P. The van der Waals surface area contributed by atoms with Gasteiger partial charge in [-0.15, -0.1) is 0 Å². The van der Waals surface area contributed by atoms with Crippen LogP contribution in [0.2, 0.25) is 0 Å². The summed E-state index contributed by atoms with van der Waals surface area (Å²) in [6.07, 6.45) is 3.87. The first-order valence-electron chi connectivity index (χ1n) is 7.03. The van der Waals surface area contributed by atoms with Gasteiger partial charge in [-0.2, -0.15) is 0 Å². The van der Waals surface area contributed by atoms with Crippen molar-refractivity contribution in [1.82, 2.24) is 5.32 Å². The Labute approximate surface area is 160 Å². The highest BCUT2D eigenvalue weighted by Crippen LogP contribution is 2.27. The maximum Gasteiger partial charge on any atom is 0.217 e. The van der Waals surface area contributed by atoms with Crippen LogP contribution in [-0.2, 0) is 14.1 Å². The van der Waals surface area contributed by atoms with Crippen molar-refractivity contribution in [2.45, 2.75) is 61.8 Å². The van der Waals surface area contributed by atoms with Crippen LogP contribution in [0.1, 0.15) is 33.6 Å². The molecule has 0 heterocycles. The van der Waals surface area contributed by atoms with Gasteiger partial charge in [-0.05, 0) is 45.1 Å². The summed E-state index contributed by atoms with van der Waals surface area (Å²) in [4.78, 5) is 18.4. The second-order valence-corrected chi connectivity index (χ2v) is 8.60. The second-order valence-electron chi connectivity index (χ2n) is 5.04. The fourth-order valence-electron chi connectivity index (χ4n) is 2.22. The summed E-state index contributed by atoms with van der Waals surface area (Å²) in [5, 5.41) is 2.93. The summed E-state index contributed by atoms with van der Waals surface area (Å²) in [5.74, 6) is -0.0603. The number of amides is 1. The zero-order chi connectivity index (χ0) is 17.3. The number of hydrogen-bond donors (Lipinski definition) is 3. The molecule has 0 spiro atoms. The monoisotopic (exact) mass is 558 g/mol. The van der Waals surface area contributed by atoms with Gasteiger partial charge >= 0.3 is 0 Å². The van der Waals surface area contributed by atoms with E-state index in [0.29, 0.717) is 3.92 Å². The largest absolute Gasteiger partial charge is 0.368 e. The van der Waals surface area contributed by atoms with Gasteiger partial charge in [0.05, 0.1) is 18.2 Å². The Morgan fingerprint density at radius 2 is 2.23 bits per heavy atom. The zero-order valence-corrected chi connectivity index (χ0v) is 18.4. The highest BCUT2D eigenvalue weighted by Gasteiger charge is 2.33. The maximum absolute atomic E-state index is 11.3. The van der Waals surface area contributed by atoms with Crippen LogP contribution in [0.15, 0.2) is 9.66 Å². The fraction of sp³-hybridized carbons (Fsp3) is 0.769. The number of rotatable bonds is 5. The molecule has 0 aromatic rings. The molecule has 4 N–H and O–H groups in total. The van der Waals surface area contributed by atoms with E-state index in [0.717, 1.165) is 12.8 Å². The van der Waals surface area contributed by atoms with E-state index in [2.05, 4.69) is 70.4 Å². The Balaban J connectivity index is 0.00000135. The molecule has 1 aliphatic rings. The van der Waals surface area contributed by atoms with Gasteiger partial charge in [-0.3, -0.25) is 9.36 Å². The van der Waals surface area contributed by atoms with E-state index in [9.17, 15) is 4.79 Å². The lowest BCUT2D eigenvalue weighted by Gasteiger charge is -2.36. The van der Waals surface area contributed by atoms with Crippen LogP contribution in [0, 0.1) is 0 Å². The average molecular weight is 558 g/mol. The van der Waals surface area contributed by atoms with E-state index in [1.54, 1.807) is 0 Å². The van der Waals surface area contributed by atoms with Gasteiger partial charge in [-0.25, -0.2) is 0 Å². The molecule has 0 bridgehead atoms. The standard InChI is InChI=1S/C13H22I2N2O2.H3O2P/c1-4-11(7(2)14)19-12-6-9(15)5-10(16)13(12)17-8(3)18;1-3-2/h6-7,10-13H,4-5,16H2,1-3H3,(H,17,18);3H2,(H,1,2)/t7?,10-,11?,12+,13+;/m0./s1. The molecule has 0 aliphatic heterocycles. The highest BCUT2D eigenvalue weighted by atomic mass is 127. The third kappa shape index (κ3) is 8.58. The molecule has 0 aromatic carbocycles. The summed E-state index contributed by atoms with van der Waals surface area (Å²) in [6, 6.07) is -0.229. The summed E-state index contributed by atoms with van der Waals surface area (Å²) < 4.78 is 16.4. The van der Waals surface area contributed by atoms with Crippen LogP contribution < -0.4 is 11.1 Å². The van der Waals surface area contributed by atoms with Crippen molar-refractivity contribution in [3.63, 3.8) is 0 Å². The molecule has 0 fully saturated rings. The molecule has 1 rings (SSSR count). The first kappa shape index (κ1) is 22.8. The molecule has 0 saturated heterocycles. The van der Waals surface area contributed by atoms with Crippen molar-refractivity contribution < 1.29 is 19.0 Å². The summed E-state index contributed by atoms with van der Waals surface area (Å²) >= 11 is 4.67. The van der Waals surface area contributed by atoms with Crippen molar-refractivity contribution in [1.29, 1.82) is 0 Å². The number of hydrogen-bond acceptors (Lipinski definition) is 4. The predicted molar refractivity (Wildman–Crippen MR) is 107 cm³/mol. The van der Waals surface area contributed by atoms with E-state index >= 15 is 0 Å². The van der Waals surface area contributed by atoms with Crippen LogP contribution in [0.4, 0.5) is 0 Å². The molecule has 6 atom stereocenters. The van der Waals surface area contributed by atoms with E-state index in [1.165, 1.54) is 10.5 Å². The number of halogens is 2. The normalized spacial score (nSPS) is 27.6. The van der Waals surface area contributed by atoms with Crippen molar-refractivity contribution in [2.75, 3.05) is 0 Å². The van der Waals surface area contributed by atoms with E-state index < -0.39 is 8.69 Å². The third-order valence-corrected chi connectivity index (χ3v) is 4.81. The van der Waals surface area contributed by atoms with Crippen molar-refractivity contribution >= 4 is 59.8 Å². The number of carbonyl (C=O) groups excluding carboxylic acids is 1. The Morgan fingerprint density at radius 3 is 2.64 bits per heavy atom. The molecule has 130 valence electrons. The molecular weight excluding hydrogens is 533 g/mol. The summed E-state index contributed by atoms with van der Waals surface area (Å²) in [7, 11) is -1.50. The van der Waals surface area contributed by atoms with Gasteiger partial charge in [0.15, 0.2) is 8.69 Å². The van der Waals surface area contributed by atoms with Gasteiger partial charge in [0.2, 0.25) is 5.91 Å². The fourth-order valence-corrected chi connectivity index (χ4v) is 3.77. The van der Waals surface area contributed by atoms with Gasteiger partial charge in [0, 0.05) is 16.9 Å². The number of nitrogens with two attached hydrogens (primary N) is 1. The molecule has 0 aromatic heterocycles. The topological polar surface area (TPSA) is 102 Å². The predicted octanol–water partition coefficient (Wildman–Crippen LogP) is 2.18. The lowest BCUT2D eigenvalue weighted by Crippen LogP contribution is -2.56. The van der Waals surface area contributed by atoms with E-state index in [1.807, 2.05) is 0 Å². The lowest BCUT2D eigenvalue weighted by atomic mass is 9.93. The van der Waals surface area contributed by atoms with Gasteiger partial charge < -0.3 is 20.7 Å². The molecule has 0 saturated carbocycles. The molecule has 9 heteroatoms. The Hall–Kier alpha value is 0.780. The molecule has 3 unspecified atom stereocenters. The van der Waals surface area contributed by atoms with Gasteiger partial charge in [0.1, 0.15) is 0 Å². The lowest BCUT2D eigenvalue weighted by molar-refractivity contribution is -0.121. The molecule has 1 amide bonds. The average Bonchev–Trinajstić information content (AvgIpc) is 2.39. The van der Waals surface area contributed by atoms with Crippen LogP contribution in [0.25, 0.3) is 0 Å². The maximum atomic E-state index is 11.3. The minimum atomic E-state index is -1.50. The zero-order valence-electron chi connectivity index (χ0n) is 13.0. The van der Waals surface area contributed by atoms with Crippen LogP contribution in [-0.4, -0.2) is 39.0 Å². The van der Waals surface area contributed by atoms with Crippen molar-refractivity contribution in [3.05, 3.63) is 9.66 Å². The van der Waals surface area contributed by atoms with Gasteiger partial charge in [0.25, 0.3) is 0 Å². The molecule has 1 aliphatic carbocycles. The minimum Gasteiger partial charge on any atom is -0.368 e. The Morgan fingerprint density at radius 1 is 1.68 bits per heavy atom. The minimum absolute atomic E-state index is 0.0603. The smallest absolute Gasteiger partial charge is 0.217 e. The van der Waals surface area contributed by atoms with Crippen molar-refractivity contribution in [3.8, 4) is 0 Å². The molecule has 0 radical (unpaired) electrons. The van der Waals surface area contributed by atoms with E-state index in [-0.39, 0.29) is 30.2 Å². The van der Waals surface area contributed by atoms with Crippen LogP contribution in [0.5, 0.6) is 0 Å². The van der Waals surface area contributed by atoms with Crippen LogP contribution in [0.3, 0.4) is 0 Å². The molecule has 22 heavy (non-hydrogen) atoms. The number of alkyl halides is 1. The first-order chi connectivity index (χ1) is 10.3. The summed E-state index contributed by atoms with van der Waals surface area (Å²) in [6.45, 7) is 5.77. The SMILES string of the molecule is CCC(O[C@@H]1C=C(I)C[C@H](N)[C@H]1NC(C)=O)C(C)I.O=[PH2]O. The number of carbonyl (C=O) groups is 1. The number of ether oxygens (including phenoxy) is 1. The second kappa shape index (κ2) is 12.2. The third-order valence-electron chi connectivity index (χ3n) is 3.21. The quantitative estimate of drug-likeness (QED) is 0.273. The number of nitrogens with one attached hydrogen (secondary N) is 1. The van der Waals surface area contributed by atoms with E-state index in [4.69, 9.17) is 19.9 Å². The first-order valence-corrected chi connectivity index (χ1v) is 10.3. The molecule has 6 nitrogen and oxygen atoms in total. The van der Waals surface area contributed by atoms with Crippen molar-refractivity contribution in [2.24, 2.45) is 5.73 Å². The highest BCUT2D eigenvalue weighted by molar-refractivity contribution is 14.1. The Kier molecular flexibility index (Phi) is 12.6. The summed E-state index contributed by atoms with van der Waals surface area (Å²) in [5.41, 5.74) is 6.16. The van der Waals surface area contributed by atoms with Crippen LogP contribution >= 0.6 is 53.9 Å². The van der Waals surface area contributed by atoms with Gasteiger partial charge in [-0.1, -0.05) is 36.4 Å².